The summed E-state index contributed by atoms with van der Waals surface area (Å²) in [4.78, 5) is 40.6. The van der Waals surface area contributed by atoms with Gasteiger partial charge in [-0.25, -0.2) is 8.42 Å². The zero-order valence-corrected chi connectivity index (χ0v) is 20.0. The summed E-state index contributed by atoms with van der Waals surface area (Å²) in [5.74, 6) is -0.387. The first kappa shape index (κ1) is 24.1. The van der Waals surface area contributed by atoms with E-state index in [1.807, 2.05) is 30.0 Å². The van der Waals surface area contributed by atoms with Crippen molar-refractivity contribution < 1.29 is 22.8 Å². The van der Waals surface area contributed by atoms with E-state index >= 15 is 0 Å². The number of hydrogen-bond donors (Lipinski definition) is 1. The van der Waals surface area contributed by atoms with Crippen LogP contribution in [-0.4, -0.2) is 74.0 Å². The standard InChI is InChI=1S/C24H28N4O5S/c1-17-15-23(30)25-21-5-3-4-6-22(21)28(17)24(31)16-26-11-13-27(14-12-26)34(32,33)20-9-7-19(8-10-20)18(2)29/h3-10,17H,11-16H2,1-2H3,(H,25,30). The van der Waals surface area contributed by atoms with E-state index in [0.29, 0.717) is 30.0 Å². The zero-order valence-electron chi connectivity index (χ0n) is 19.2. The smallest absolute Gasteiger partial charge is 0.243 e. The lowest BCUT2D eigenvalue weighted by molar-refractivity contribution is -0.120. The Kier molecular flexibility index (Phi) is 6.83. The van der Waals surface area contributed by atoms with E-state index in [0.717, 1.165) is 0 Å². The number of fused-ring (bicyclic) bond motifs is 1. The molecule has 0 aliphatic carbocycles. The second-order valence-corrected chi connectivity index (χ2v) is 10.6. The van der Waals surface area contributed by atoms with Crippen LogP contribution in [0.15, 0.2) is 53.4 Å². The topological polar surface area (TPSA) is 107 Å². The van der Waals surface area contributed by atoms with Gasteiger partial charge in [-0.3, -0.25) is 19.3 Å². The Bertz CT molecular complexity index is 1200. The second kappa shape index (κ2) is 9.65. The predicted octanol–water partition coefficient (Wildman–Crippen LogP) is 1.96. The molecule has 0 bridgehead atoms. The number of para-hydroxylation sites is 2. The summed E-state index contributed by atoms with van der Waals surface area (Å²) < 4.78 is 27.4. The quantitative estimate of drug-likeness (QED) is 0.651. The van der Waals surface area contributed by atoms with Crippen molar-refractivity contribution in [2.24, 2.45) is 0 Å². The Morgan fingerprint density at radius 1 is 1.00 bits per heavy atom. The third kappa shape index (κ3) is 4.89. The number of anilines is 2. The van der Waals surface area contributed by atoms with E-state index in [9.17, 15) is 22.8 Å². The average molecular weight is 485 g/mol. The highest BCUT2D eigenvalue weighted by Crippen LogP contribution is 2.31. The number of carbonyl (C=O) groups excluding carboxylic acids is 3. The number of carbonyl (C=O) groups is 3. The molecule has 0 radical (unpaired) electrons. The van der Waals surface area contributed by atoms with E-state index in [4.69, 9.17) is 0 Å². The number of rotatable bonds is 5. The highest BCUT2D eigenvalue weighted by Gasteiger charge is 2.33. The minimum absolute atomic E-state index is 0.122. The van der Waals surface area contributed by atoms with Crippen LogP contribution in [0.5, 0.6) is 0 Å². The Morgan fingerprint density at radius 2 is 1.65 bits per heavy atom. The molecule has 4 rings (SSSR count). The van der Waals surface area contributed by atoms with Gasteiger partial charge in [0.05, 0.1) is 22.8 Å². The molecule has 2 amide bonds. The van der Waals surface area contributed by atoms with Gasteiger partial charge in [0, 0.05) is 44.2 Å². The molecule has 2 aromatic carbocycles. The van der Waals surface area contributed by atoms with Crippen LogP contribution in [0.1, 0.15) is 30.6 Å². The Balaban J connectivity index is 1.41. The first-order chi connectivity index (χ1) is 16.2. The van der Waals surface area contributed by atoms with Gasteiger partial charge < -0.3 is 10.2 Å². The molecular formula is C24H28N4O5S. The van der Waals surface area contributed by atoms with E-state index in [1.54, 1.807) is 11.0 Å². The maximum atomic E-state index is 13.3. The molecule has 0 aromatic heterocycles. The molecule has 9 nitrogen and oxygen atoms in total. The summed E-state index contributed by atoms with van der Waals surface area (Å²) in [5, 5.41) is 2.85. The van der Waals surface area contributed by atoms with Crippen LogP contribution in [0.25, 0.3) is 0 Å². The second-order valence-electron chi connectivity index (χ2n) is 8.64. The molecule has 10 heteroatoms. The number of benzene rings is 2. The largest absolute Gasteiger partial charge is 0.324 e. The average Bonchev–Trinajstić information content (AvgIpc) is 2.93. The molecule has 1 fully saturated rings. The number of sulfonamides is 1. The molecule has 180 valence electrons. The first-order valence-electron chi connectivity index (χ1n) is 11.2. The van der Waals surface area contributed by atoms with E-state index in [-0.39, 0.29) is 54.6 Å². The number of ketones is 1. The Labute approximate surface area is 199 Å². The normalized spacial score (nSPS) is 19.8. The van der Waals surface area contributed by atoms with Crippen LogP contribution >= 0.6 is 0 Å². The van der Waals surface area contributed by atoms with Gasteiger partial charge in [0.25, 0.3) is 0 Å². The van der Waals surface area contributed by atoms with E-state index in [2.05, 4.69) is 5.32 Å². The molecule has 2 aliphatic heterocycles. The summed E-state index contributed by atoms with van der Waals surface area (Å²) in [7, 11) is -3.68. The summed E-state index contributed by atoms with van der Waals surface area (Å²) in [5.41, 5.74) is 1.74. The molecule has 1 unspecified atom stereocenters. The Hall–Kier alpha value is -3.08. The Morgan fingerprint density at radius 3 is 2.29 bits per heavy atom. The van der Waals surface area contributed by atoms with Crippen molar-refractivity contribution in [1.82, 2.24) is 9.21 Å². The van der Waals surface area contributed by atoms with Gasteiger partial charge >= 0.3 is 0 Å². The third-order valence-corrected chi connectivity index (χ3v) is 8.13. The van der Waals surface area contributed by atoms with Crippen LogP contribution in [0, 0.1) is 0 Å². The van der Waals surface area contributed by atoms with Gasteiger partial charge in [0.1, 0.15) is 0 Å². The van der Waals surface area contributed by atoms with E-state index in [1.165, 1.54) is 35.5 Å². The predicted molar refractivity (Wildman–Crippen MR) is 128 cm³/mol. The van der Waals surface area contributed by atoms with Crippen molar-refractivity contribution in [1.29, 1.82) is 0 Å². The number of nitrogens with one attached hydrogen (secondary N) is 1. The highest BCUT2D eigenvalue weighted by molar-refractivity contribution is 7.89. The lowest BCUT2D eigenvalue weighted by Gasteiger charge is -2.35. The molecule has 0 saturated carbocycles. The molecule has 34 heavy (non-hydrogen) atoms. The van der Waals surface area contributed by atoms with Crippen molar-refractivity contribution in [3.8, 4) is 0 Å². The molecule has 2 aliphatic rings. The van der Waals surface area contributed by atoms with Crippen molar-refractivity contribution in [3.63, 3.8) is 0 Å². The van der Waals surface area contributed by atoms with Gasteiger partial charge in [-0.1, -0.05) is 24.3 Å². The minimum atomic E-state index is -3.68. The molecule has 2 aromatic rings. The van der Waals surface area contributed by atoms with Crippen molar-refractivity contribution >= 4 is 39.0 Å². The van der Waals surface area contributed by atoms with Gasteiger partial charge in [0.2, 0.25) is 21.8 Å². The van der Waals surface area contributed by atoms with Crippen LogP contribution in [0.3, 0.4) is 0 Å². The number of hydrogen-bond acceptors (Lipinski definition) is 6. The lowest BCUT2D eigenvalue weighted by Crippen LogP contribution is -2.52. The highest BCUT2D eigenvalue weighted by atomic mass is 32.2. The lowest BCUT2D eigenvalue weighted by atomic mass is 10.1. The zero-order chi connectivity index (χ0) is 24.5. The fourth-order valence-corrected chi connectivity index (χ4v) is 5.80. The van der Waals surface area contributed by atoms with Gasteiger partial charge in [0.15, 0.2) is 5.78 Å². The van der Waals surface area contributed by atoms with Crippen molar-refractivity contribution in [2.45, 2.75) is 31.2 Å². The summed E-state index contributed by atoms with van der Waals surface area (Å²) in [6.07, 6.45) is 0.203. The molecule has 0 spiro atoms. The number of Topliss-reactive ketones (excluding diaryl/α,β-unsaturated/α-hetero) is 1. The first-order valence-corrected chi connectivity index (χ1v) is 12.7. The molecule has 1 N–H and O–H groups in total. The molecule has 1 saturated heterocycles. The minimum Gasteiger partial charge on any atom is -0.324 e. The molecule has 2 heterocycles. The monoisotopic (exact) mass is 484 g/mol. The summed E-state index contributed by atoms with van der Waals surface area (Å²) >= 11 is 0. The van der Waals surface area contributed by atoms with Crippen LogP contribution < -0.4 is 10.2 Å². The fourth-order valence-electron chi connectivity index (χ4n) is 4.37. The van der Waals surface area contributed by atoms with Crippen molar-refractivity contribution in [3.05, 3.63) is 54.1 Å². The maximum absolute atomic E-state index is 13.3. The molecular weight excluding hydrogens is 456 g/mol. The van der Waals surface area contributed by atoms with Crippen LogP contribution in [-0.2, 0) is 19.6 Å². The van der Waals surface area contributed by atoms with Gasteiger partial charge in [-0.15, -0.1) is 0 Å². The van der Waals surface area contributed by atoms with E-state index < -0.39 is 10.0 Å². The fraction of sp³-hybridized carbons (Fsp3) is 0.375. The van der Waals surface area contributed by atoms with Crippen LogP contribution in [0.4, 0.5) is 11.4 Å². The van der Waals surface area contributed by atoms with Crippen LogP contribution in [0.2, 0.25) is 0 Å². The number of amides is 2. The maximum Gasteiger partial charge on any atom is 0.243 e. The SMILES string of the molecule is CC(=O)c1ccc(S(=O)(=O)N2CCN(CC(=O)N3c4ccccc4NC(=O)CC3C)CC2)cc1. The third-order valence-electron chi connectivity index (χ3n) is 6.22. The summed E-state index contributed by atoms with van der Waals surface area (Å²) in [6.45, 7) is 4.76. The van der Waals surface area contributed by atoms with Gasteiger partial charge in [-0.2, -0.15) is 4.31 Å². The summed E-state index contributed by atoms with van der Waals surface area (Å²) in [6, 6.07) is 12.9. The molecule has 1 atom stereocenters. The van der Waals surface area contributed by atoms with Gasteiger partial charge in [-0.05, 0) is 38.1 Å². The number of nitrogens with zero attached hydrogens (tertiary/aromatic N) is 3. The number of piperazine rings is 1. The van der Waals surface area contributed by atoms with Crippen molar-refractivity contribution in [2.75, 3.05) is 42.9 Å².